The Labute approximate surface area is 120 Å². The molecule has 0 aliphatic heterocycles. The molecule has 0 aliphatic carbocycles. The SMILES string of the molecule is CC(C)(C)OC(=O)NCCCCCOC(=O)CCS. The molecular weight excluding hydrogens is 266 g/mol. The molecule has 112 valence electrons. The predicted molar refractivity (Wildman–Crippen MR) is 77.5 cm³/mol. The van der Waals surface area contributed by atoms with Gasteiger partial charge in [0.25, 0.3) is 0 Å². The van der Waals surface area contributed by atoms with Gasteiger partial charge in [0, 0.05) is 12.3 Å². The summed E-state index contributed by atoms with van der Waals surface area (Å²) in [5.74, 6) is 0.306. The molecule has 1 amide bonds. The zero-order valence-electron chi connectivity index (χ0n) is 12.0. The molecule has 6 heteroatoms. The highest BCUT2D eigenvalue weighted by atomic mass is 32.1. The summed E-state index contributed by atoms with van der Waals surface area (Å²) >= 11 is 3.95. The molecule has 0 rings (SSSR count). The molecule has 0 unspecified atom stereocenters. The number of ether oxygens (including phenoxy) is 2. The average molecular weight is 291 g/mol. The third kappa shape index (κ3) is 13.3. The second-order valence-corrected chi connectivity index (χ2v) is 5.63. The average Bonchev–Trinajstić information content (AvgIpc) is 2.25. The Balaban J connectivity index is 3.36. The number of hydrogen-bond donors (Lipinski definition) is 2. The number of rotatable bonds is 8. The van der Waals surface area contributed by atoms with Crippen LogP contribution in [0.1, 0.15) is 46.5 Å². The molecule has 0 fully saturated rings. The second kappa shape index (κ2) is 9.95. The maximum Gasteiger partial charge on any atom is 0.407 e. The van der Waals surface area contributed by atoms with E-state index < -0.39 is 11.7 Å². The molecule has 0 aromatic rings. The maximum atomic E-state index is 11.3. The maximum absolute atomic E-state index is 11.3. The smallest absolute Gasteiger partial charge is 0.407 e. The Hall–Kier alpha value is -0.910. The van der Waals surface area contributed by atoms with Crippen LogP contribution in [-0.2, 0) is 14.3 Å². The van der Waals surface area contributed by atoms with Crippen LogP contribution in [0.2, 0.25) is 0 Å². The first-order valence-corrected chi connectivity index (χ1v) is 7.22. The lowest BCUT2D eigenvalue weighted by molar-refractivity contribution is -0.143. The van der Waals surface area contributed by atoms with Crippen molar-refractivity contribution in [3.63, 3.8) is 0 Å². The van der Waals surface area contributed by atoms with Crippen LogP contribution in [0.3, 0.4) is 0 Å². The third-order valence-corrected chi connectivity index (χ3v) is 2.29. The standard InChI is InChI=1S/C13H25NO4S/c1-13(2,3)18-12(16)14-8-5-4-6-9-17-11(15)7-10-19/h19H,4-10H2,1-3H3,(H,14,16). The van der Waals surface area contributed by atoms with Crippen molar-refractivity contribution >= 4 is 24.7 Å². The number of carbonyl (C=O) groups is 2. The molecule has 0 saturated heterocycles. The molecule has 0 radical (unpaired) electrons. The summed E-state index contributed by atoms with van der Waals surface area (Å²) in [5, 5.41) is 2.68. The van der Waals surface area contributed by atoms with E-state index in [1.165, 1.54) is 0 Å². The number of nitrogens with one attached hydrogen (secondary N) is 1. The van der Waals surface area contributed by atoms with Gasteiger partial charge >= 0.3 is 12.1 Å². The van der Waals surface area contributed by atoms with E-state index in [0.717, 1.165) is 19.3 Å². The van der Waals surface area contributed by atoms with Gasteiger partial charge in [-0.2, -0.15) is 12.6 Å². The molecule has 0 aromatic heterocycles. The normalized spacial score (nSPS) is 10.9. The number of thiol groups is 1. The number of carbonyl (C=O) groups excluding carboxylic acids is 2. The quantitative estimate of drug-likeness (QED) is 0.410. The van der Waals surface area contributed by atoms with E-state index in [4.69, 9.17) is 9.47 Å². The molecule has 5 nitrogen and oxygen atoms in total. The van der Waals surface area contributed by atoms with Crippen LogP contribution >= 0.6 is 12.6 Å². The van der Waals surface area contributed by atoms with E-state index in [2.05, 4.69) is 17.9 Å². The van der Waals surface area contributed by atoms with Crippen LogP contribution in [0.25, 0.3) is 0 Å². The number of esters is 1. The Morgan fingerprint density at radius 3 is 2.42 bits per heavy atom. The van der Waals surface area contributed by atoms with E-state index in [0.29, 0.717) is 25.3 Å². The van der Waals surface area contributed by atoms with Gasteiger partial charge in [0.2, 0.25) is 0 Å². The minimum atomic E-state index is -0.467. The lowest BCUT2D eigenvalue weighted by atomic mass is 10.2. The van der Waals surface area contributed by atoms with Crippen LogP contribution in [0, 0.1) is 0 Å². The third-order valence-electron chi connectivity index (χ3n) is 2.07. The Morgan fingerprint density at radius 2 is 1.84 bits per heavy atom. The molecule has 19 heavy (non-hydrogen) atoms. The highest BCUT2D eigenvalue weighted by molar-refractivity contribution is 7.80. The van der Waals surface area contributed by atoms with Crippen molar-refractivity contribution in [2.75, 3.05) is 18.9 Å². The Bertz CT molecular complexity index is 276. The van der Waals surface area contributed by atoms with Crippen molar-refractivity contribution in [1.29, 1.82) is 0 Å². The molecule has 0 aliphatic rings. The first-order chi connectivity index (χ1) is 8.85. The first-order valence-electron chi connectivity index (χ1n) is 6.58. The molecule has 0 bridgehead atoms. The lowest BCUT2D eigenvalue weighted by Gasteiger charge is -2.19. The fourth-order valence-corrected chi connectivity index (χ4v) is 1.44. The Kier molecular flexibility index (Phi) is 9.47. The van der Waals surface area contributed by atoms with Gasteiger partial charge in [-0.15, -0.1) is 0 Å². The highest BCUT2D eigenvalue weighted by Gasteiger charge is 2.15. The Morgan fingerprint density at radius 1 is 1.16 bits per heavy atom. The lowest BCUT2D eigenvalue weighted by Crippen LogP contribution is -2.33. The molecule has 0 aromatic carbocycles. The van der Waals surface area contributed by atoms with Crippen molar-refractivity contribution in [2.45, 2.75) is 52.1 Å². The molecule has 0 atom stereocenters. The van der Waals surface area contributed by atoms with Gasteiger partial charge in [-0.1, -0.05) is 0 Å². The number of unbranched alkanes of at least 4 members (excludes halogenated alkanes) is 2. The summed E-state index contributed by atoms with van der Waals surface area (Å²) in [4.78, 5) is 22.3. The van der Waals surface area contributed by atoms with E-state index in [-0.39, 0.29) is 5.97 Å². The largest absolute Gasteiger partial charge is 0.466 e. The topological polar surface area (TPSA) is 64.6 Å². The van der Waals surface area contributed by atoms with Gasteiger partial charge in [0.15, 0.2) is 0 Å². The summed E-state index contributed by atoms with van der Waals surface area (Å²) in [6.45, 7) is 6.47. The van der Waals surface area contributed by atoms with Crippen LogP contribution in [0.4, 0.5) is 4.79 Å². The molecule has 0 spiro atoms. The summed E-state index contributed by atoms with van der Waals surface area (Å²) < 4.78 is 10.1. The number of alkyl carbamates (subject to hydrolysis) is 1. The van der Waals surface area contributed by atoms with Crippen LogP contribution in [0.15, 0.2) is 0 Å². The summed E-state index contributed by atoms with van der Waals surface area (Å²) in [6, 6.07) is 0. The van der Waals surface area contributed by atoms with E-state index in [1.54, 1.807) is 0 Å². The zero-order chi connectivity index (χ0) is 14.7. The molecular formula is C13H25NO4S. The van der Waals surface area contributed by atoms with Gasteiger partial charge in [-0.05, 0) is 40.0 Å². The fraction of sp³-hybridized carbons (Fsp3) is 0.846. The summed E-state index contributed by atoms with van der Waals surface area (Å²) in [6.07, 6.45) is 2.48. The minimum Gasteiger partial charge on any atom is -0.466 e. The van der Waals surface area contributed by atoms with E-state index in [1.807, 2.05) is 20.8 Å². The van der Waals surface area contributed by atoms with Crippen LogP contribution in [0.5, 0.6) is 0 Å². The van der Waals surface area contributed by atoms with Crippen LogP contribution in [-0.4, -0.2) is 36.6 Å². The van der Waals surface area contributed by atoms with Crippen molar-refractivity contribution in [1.82, 2.24) is 5.32 Å². The fourth-order valence-electron chi connectivity index (χ4n) is 1.26. The monoisotopic (exact) mass is 291 g/mol. The van der Waals surface area contributed by atoms with Crippen molar-refractivity contribution < 1.29 is 19.1 Å². The minimum absolute atomic E-state index is 0.207. The van der Waals surface area contributed by atoms with Gasteiger partial charge in [-0.3, -0.25) is 4.79 Å². The first kappa shape index (κ1) is 18.1. The van der Waals surface area contributed by atoms with Gasteiger partial charge in [-0.25, -0.2) is 4.79 Å². The van der Waals surface area contributed by atoms with E-state index in [9.17, 15) is 9.59 Å². The van der Waals surface area contributed by atoms with Gasteiger partial charge < -0.3 is 14.8 Å². The van der Waals surface area contributed by atoms with Crippen molar-refractivity contribution in [3.05, 3.63) is 0 Å². The highest BCUT2D eigenvalue weighted by Crippen LogP contribution is 2.06. The van der Waals surface area contributed by atoms with Crippen molar-refractivity contribution in [2.24, 2.45) is 0 Å². The van der Waals surface area contributed by atoms with Gasteiger partial charge in [0.1, 0.15) is 5.60 Å². The second-order valence-electron chi connectivity index (χ2n) is 5.18. The number of hydrogen-bond acceptors (Lipinski definition) is 5. The summed E-state index contributed by atoms with van der Waals surface area (Å²) in [5.41, 5.74) is -0.467. The molecule has 0 heterocycles. The predicted octanol–water partition coefficient (Wildman–Crippen LogP) is 2.54. The van der Waals surface area contributed by atoms with Crippen molar-refractivity contribution in [3.8, 4) is 0 Å². The molecule has 1 N–H and O–H groups in total. The number of amides is 1. The zero-order valence-corrected chi connectivity index (χ0v) is 12.9. The van der Waals surface area contributed by atoms with E-state index >= 15 is 0 Å². The van der Waals surface area contributed by atoms with Gasteiger partial charge in [0.05, 0.1) is 13.0 Å². The summed E-state index contributed by atoms with van der Waals surface area (Å²) in [7, 11) is 0. The molecule has 0 saturated carbocycles. The van der Waals surface area contributed by atoms with Crippen LogP contribution < -0.4 is 5.32 Å².